The van der Waals surface area contributed by atoms with E-state index >= 15 is 0 Å². The van der Waals surface area contributed by atoms with Crippen molar-refractivity contribution in [3.8, 4) is 5.75 Å². The van der Waals surface area contributed by atoms with Crippen molar-refractivity contribution in [2.24, 2.45) is 0 Å². The van der Waals surface area contributed by atoms with Gasteiger partial charge in [-0.1, -0.05) is 12.1 Å². The van der Waals surface area contributed by atoms with Crippen molar-refractivity contribution < 1.29 is 13.9 Å². The van der Waals surface area contributed by atoms with Crippen LogP contribution in [0.3, 0.4) is 0 Å². The van der Waals surface area contributed by atoms with Gasteiger partial charge >= 0.3 is 0 Å². The topological polar surface area (TPSA) is 67.0 Å². The van der Waals surface area contributed by atoms with Crippen molar-refractivity contribution in [2.75, 3.05) is 7.11 Å². The number of nitrogens with one attached hydrogen (secondary N) is 2. The number of fused-ring (bicyclic) bond motifs is 1. The van der Waals surface area contributed by atoms with Gasteiger partial charge in [0.25, 0.3) is 5.91 Å². The van der Waals surface area contributed by atoms with Crippen LogP contribution in [0, 0.1) is 19.7 Å². The lowest BCUT2D eigenvalue weighted by Gasteiger charge is -2.10. The summed E-state index contributed by atoms with van der Waals surface area (Å²) >= 11 is 0. The predicted molar refractivity (Wildman–Crippen MR) is 89.7 cm³/mol. The molecule has 2 N–H and O–H groups in total. The molecule has 124 valence electrons. The van der Waals surface area contributed by atoms with Crippen molar-refractivity contribution in [3.63, 3.8) is 0 Å². The summed E-state index contributed by atoms with van der Waals surface area (Å²) in [5, 5.41) is 11.0. The molecule has 0 aliphatic carbocycles. The quantitative estimate of drug-likeness (QED) is 0.773. The van der Waals surface area contributed by atoms with Gasteiger partial charge in [-0.25, -0.2) is 4.39 Å². The molecular weight excluding hydrogens is 309 g/mol. The summed E-state index contributed by atoms with van der Waals surface area (Å²) in [6.07, 6.45) is 0. The van der Waals surface area contributed by atoms with Gasteiger partial charge in [0.1, 0.15) is 0 Å². The summed E-state index contributed by atoms with van der Waals surface area (Å²) < 4.78 is 18.9. The molecule has 1 amide bonds. The fourth-order valence-corrected chi connectivity index (χ4v) is 2.87. The lowest BCUT2D eigenvalue weighted by Crippen LogP contribution is -2.23. The van der Waals surface area contributed by atoms with E-state index in [1.54, 1.807) is 13.0 Å². The molecule has 0 unspecified atom stereocenters. The second-order valence-corrected chi connectivity index (χ2v) is 5.64. The van der Waals surface area contributed by atoms with Crippen molar-refractivity contribution in [1.29, 1.82) is 0 Å². The fourth-order valence-electron chi connectivity index (χ4n) is 2.87. The second kappa shape index (κ2) is 6.31. The van der Waals surface area contributed by atoms with Crippen LogP contribution in [0.25, 0.3) is 10.9 Å². The number of carbonyl (C=O) groups is 1. The van der Waals surface area contributed by atoms with Crippen LogP contribution in [0.1, 0.15) is 27.2 Å². The van der Waals surface area contributed by atoms with Crippen LogP contribution in [-0.2, 0) is 6.54 Å². The van der Waals surface area contributed by atoms with Gasteiger partial charge in [0.15, 0.2) is 11.6 Å². The number of carbonyl (C=O) groups excluding carboxylic acids is 1. The standard InChI is InChI=1S/C18H18FN3O2/c1-10-7-13(8-14(19)17(10)24-3)18(23)20-9-12-5-4-6-15-16(12)11(2)21-22-15/h4-8H,9H2,1-3H3,(H,20,23)(H,21,22). The first-order valence-electron chi connectivity index (χ1n) is 7.56. The van der Waals surface area contributed by atoms with Crippen LogP contribution >= 0.6 is 0 Å². The maximum Gasteiger partial charge on any atom is 0.251 e. The molecule has 0 bridgehead atoms. The largest absolute Gasteiger partial charge is 0.493 e. The lowest BCUT2D eigenvalue weighted by atomic mass is 10.1. The Morgan fingerprint density at radius 2 is 2.12 bits per heavy atom. The molecule has 0 saturated carbocycles. The van der Waals surface area contributed by atoms with E-state index in [1.807, 2.05) is 25.1 Å². The van der Waals surface area contributed by atoms with E-state index in [9.17, 15) is 9.18 Å². The molecule has 0 fully saturated rings. The van der Waals surface area contributed by atoms with E-state index in [0.717, 1.165) is 22.2 Å². The monoisotopic (exact) mass is 327 g/mol. The average molecular weight is 327 g/mol. The number of hydrogen-bond acceptors (Lipinski definition) is 3. The van der Waals surface area contributed by atoms with Gasteiger partial charge in [-0.05, 0) is 43.2 Å². The van der Waals surface area contributed by atoms with E-state index in [2.05, 4.69) is 15.5 Å². The summed E-state index contributed by atoms with van der Waals surface area (Å²) in [4.78, 5) is 12.3. The second-order valence-electron chi connectivity index (χ2n) is 5.64. The van der Waals surface area contributed by atoms with Gasteiger partial charge < -0.3 is 10.1 Å². The smallest absolute Gasteiger partial charge is 0.251 e. The number of aromatic amines is 1. The number of aromatic nitrogens is 2. The molecule has 5 nitrogen and oxygen atoms in total. The van der Waals surface area contributed by atoms with Crippen molar-refractivity contribution in [1.82, 2.24) is 15.5 Å². The molecule has 2 aromatic carbocycles. The van der Waals surface area contributed by atoms with E-state index in [0.29, 0.717) is 12.1 Å². The predicted octanol–water partition coefficient (Wildman–Crippen LogP) is 3.26. The van der Waals surface area contributed by atoms with E-state index in [1.165, 1.54) is 13.2 Å². The molecule has 1 aromatic heterocycles. The number of ether oxygens (including phenoxy) is 1. The highest BCUT2D eigenvalue weighted by molar-refractivity contribution is 5.95. The number of H-pyrrole nitrogens is 1. The number of hydrogen-bond donors (Lipinski definition) is 2. The highest BCUT2D eigenvalue weighted by Crippen LogP contribution is 2.24. The van der Waals surface area contributed by atoms with Crippen LogP contribution in [0.15, 0.2) is 30.3 Å². The van der Waals surface area contributed by atoms with E-state index in [4.69, 9.17) is 4.74 Å². The highest BCUT2D eigenvalue weighted by atomic mass is 19.1. The maximum atomic E-state index is 13.9. The molecule has 24 heavy (non-hydrogen) atoms. The van der Waals surface area contributed by atoms with Gasteiger partial charge in [-0.15, -0.1) is 0 Å². The molecule has 0 aliphatic rings. The molecule has 6 heteroatoms. The Morgan fingerprint density at radius 1 is 1.33 bits per heavy atom. The number of aryl methyl sites for hydroxylation is 2. The first-order chi connectivity index (χ1) is 11.5. The minimum Gasteiger partial charge on any atom is -0.493 e. The Morgan fingerprint density at radius 3 is 2.83 bits per heavy atom. The molecule has 1 heterocycles. The molecule has 0 saturated heterocycles. The number of nitrogens with zero attached hydrogens (tertiary/aromatic N) is 1. The Labute approximate surface area is 138 Å². The Balaban J connectivity index is 1.82. The van der Waals surface area contributed by atoms with Crippen LogP contribution in [0.2, 0.25) is 0 Å². The number of halogens is 1. The van der Waals surface area contributed by atoms with Gasteiger partial charge in [0, 0.05) is 17.5 Å². The molecule has 0 radical (unpaired) electrons. The Kier molecular flexibility index (Phi) is 4.20. The zero-order valence-electron chi connectivity index (χ0n) is 13.7. The summed E-state index contributed by atoms with van der Waals surface area (Å²) in [6.45, 7) is 3.95. The minimum absolute atomic E-state index is 0.158. The summed E-state index contributed by atoms with van der Waals surface area (Å²) in [5.74, 6) is -0.724. The van der Waals surface area contributed by atoms with Gasteiger partial charge in [0.2, 0.25) is 0 Å². The number of rotatable bonds is 4. The van der Waals surface area contributed by atoms with Crippen molar-refractivity contribution >= 4 is 16.8 Å². The van der Waals surface area contributed by atoms with Gasteiger partial charge in [-0.2, -0.15) is 5.10 Å². The third-order valence-corrected chi connectivity index (χ3v) is 3.99. The van der Waals surface area contributed by atoms with E-state index < -0.39 is 5.82 Å². The lowest BCUT2D eigenvalue weighted by molar-refractivity contribution is 0.0950. The SMILES string of the molecule is COc1c(C)cc(C(=O)NCc2cccc3[nH]nc(C)c23)cc1F. The van der Waals surface area contributed by atoms with Crippen LogP contribution in [0.4, 0.5) is 4.39 Å². The number of methoxy groups -OCH3 is 1. The van der Waals surface area contributed by atoms with Crippen molar-refractivity contribution in [2.45, 2.75) is 20.4 Å². The molecule has 0 atom stereocenters. The number of amides is 1. The zero-order valence-corrected chi connectivity index (χ0v) is 13.7. The van der Waals surface area contributed by atoms with Crippen LogP contribution in [-0.4, -0.2) is 23.2 Å². The first kappa shape index (κ1) is 16.0. The van der Waals surface area contributed by atoms with E-state index in [-0.39, 0.29) is 17.2 Å². The van der Waals surface area contributed by atoms with Crippen molar-refractivity contribution in [3.05, 3.63) is 58.5 Å². The molecular formula is C18H18FN3O2. The van der Waals surface area contributed by atoms with Crippen LogP contribution < -0.4 is 10.1 Å². The Bertz CT molecular complexity index is 895. The third-order valence-electron chi connectivity index (χ3n) is 3.99. The summed E-state index contributed by atoms with van der Waals surface area (Å²) in [6, 6.07) is 8.57. The minimum atomic E-state index is -0.546. The fraction of sp³-hybridized carbons (Fsp3) is 0.222. The molecule has 0 spiro atoms. The summed E-state index contributed by atoms with van der Waals surface area (Å²) in [7, 11) is 1.40. The van der Waals surface area contributed by atoms with Crippen LogP contribution in [0.5, 0.6) is 5.75 Å². The normalized spacial score (nSPS) is 10.8. The van der Waals surface area contributed by atoms with Gasteiger partial charge in [0.05, 0.1) is 18.3 Å². The highest BCUT2D eigenvalue weighted by Gasteiger charge is 2.14. The average Bonchev–Trinajstić information content (AvgIpc) is 2.94. The number of benzene rings is 2. The maximum absolute atomic E-state index is 13.9. The molecule has 0 aliphatic heterocycles. The molecule has 3 aromatic rings. The first-order valence-corrected chi connectivity index (χ1v) is 7.56. The zero-order chi connectivity index (χ0) is 17.3. The Hall–Kier alpha value is -2.89. The molecule has 3 rings (SSSR count). The van der Waals surface area contributed by atoms with Gasteiger partial charge in [-0.3, -0.25) is 9.89 Å². The third kappa shape index (κ3) is 2.82. The summed E-state index contributed by atoms with van der Waals surface area (Å²) in [5.41, 5.74) is 3.60.